The molecule has 2 unspecified atom stereocenters. The molecular formula is C16H25NO. The quantitative estimate of drug-likeness (QED) is 0.862. The number of fused-ring (bicyclic) bond motifs is 1. The van der Waals surface area contributed by atoms with Gasteiger partial charge in [-0.15, -0.1) is 0 Å². The molecule has 0 amide bonds. The summed E-state index contributed by atoms with van der Waals surface area (Å²) < 4.78 is 5.78. The van der Waals surface area contributed by atoms with Crippen molar-refractivity contribution in [3.05, 3.63) is 35.4 Å². The molecule has 1 aliphatic heterocycles. The topological polar surface area (TPSA) is 21.3 Å². The summed E-state index contributed by atoms with van der Waals surface area (Å²) in [5.74, 6) is 1.11. The second-order valence-corrected chi connectivity index (χ2v) is 5.54. The van der Waals surface area contributed by atoms with Crippen molar-refractivity contribution < 1.29 is 4.74 Å². The Hall–Kier alpha value is -0.860. The molecule has 0 aromatic heterocycles. The lowest BCUT2D eigenvalue weighted by Gasteiger charge is -2.35. The molecule has 0 aliphatic carbocycles. The number of hydrogen-bond donors (Lipinski definition) is 1. The Morgan fingerprint density at radius 2 is 2.11 bits per heavy atom. The summed E-state index contributed by atoms with van der Waals surface area (Å²) in [6.45, 7) is 9.51. The SMILES string of the molecule is CCCNC(C(C)C)C1COCc2ccccc21. The van der Waals surface area contributed by atoms with Crippen LogP contribution in [0.15, 0.2) is 24.3 Å². The van der Waals surface area contributed by atoms with Crippen LogP contribution in [0.2, 0.25) is 0 Å². The summed E-state index contributed by atoms with van der Waals surface area (Å²) >= 11 is 0. The maximum absolute atomic E-state index is 5.78. The maximum atomic E-state index is 5.78. The van der Waals surface area contributed by atoms with E-state index in [4.69, 9.17) is 4.74 Å². The normalized spacial score (nSPS) is 20.8. The summed E-state index contributed by atoms with van der Waals surface area (Å²) in [6.07, 6.45) is 1.18. The van der Waals surface area contributed by atoms with Crippen molar-refractivity contribution in [3.8, 4) is 0 Å². The number of benzene rings is 1. The van der Waals surface area contributed by atoms with Crippen LogP contribution in [-0.4, -0.2) is 19.2 Å². The third-order valence-electron chi connectivity index (χ3n) is 3.79. The summed E-state index contributed by atoms with van der Waals surface area (Å²) in [4.78, 5) is 0. The van der Waals surface area contributed by atoms with Gasteiger partial charge in [0, 0.05) is 12.0 Å². The van der Waals surface area contributed by atoms with Gasteiger partial charge in [-0.2, -0.15) is 0 Å². The summed E-state index contributed by atoms with van der Waals surface area (Å²) in [7, 11) is 0. The van der Waals surface area contributed by atoms with Crippen LogP contribution in [0.5, 0.6) is 0 Å². The fraction of sp³-hybridized carbons (Fsp3) is 0.625. The Balaban J connectivity index is 2.21. The van der Waals surface area contributed by atoms with E-state index in [0.29, 0.717) is 17.9 Å². The zero-order valence-corrected chi connectivity index (χ0v) is 11.8. The minimum atomic E-state index is 0.487. The second-order valence-electron chi connectivity index (χ2n) is 5.54. The summed E-state index contributed by atoms with van der Waals surface area (Å²) in [5.41, 5.74) is 2.84. The summed E-state index contributed by atoms with van der Waals surface area (Å²) in [5, 5.41) is 3.70. The molecule has 1 aromatic rings. The van der Waals surface area contributed by atoms with Crippen molar-refractivity contribution in [1.82, 2.24) is 5.32 Å². The van der Waals surface area contributed by atoms with E-state index in [9.17, 15) is 0 Å². The lowest BCUT2D eigenvalue weighted by atomic mass is 9.82. The lowest BCUT2D eigenvalue weighted by molar-refractivity contribution is 0.0743. The van der Waals surface area contributed by atoms with Crippen molar-refractivity contribution in [2.24, 2.45) is 5.92 Å². The first kappa shape index (κ1) is 13.6. The molecule has 1 N–H and O–H groups in total. The summed E-state index contributed by atoms with van der Waals surface area (Å²) in [6, 6.07) is 9.22. The Morgan fingerprint density at radius 1 is 1.33 bits per heavy atom. The van der Waals surface area contributed by atoms with E-state index < -0.39 is 0 Å². The molecule has 2 rings (SSSR count). The number of rotatable bonds is 5. The third-order valence-corrected chi connectivity index (χ3v) is 3.79. The van der Waals surface area contributed by atoms with Gasteiger partial charge in [-0.1, -0.05) is 45.0 Å². The molecule has 1 aliphatic rings. The Kier molecular flexibility index (Phi) is 4.79. The third kappa shape index (κ3) is 2.93. The molecule has 2 atom stereocenters. The average Bonchev–Trinajstić information content (AvgIpc) is 2.39. The van der Waals surface area contributed by atoms with Crippen LogP contribution in [0, 0.1) is 5.92 Å². The molecule has 1 aromatic carbocycles. The van der Waals surface area contributed by atoms with Crippen LogP contribution < -0.4 is 5.32 Å². The number of hydrogen-bond acceptors (Lipinski definition) is 2. The Bertz CT molecular complexity index is 375. The van der Waals surface area contributed by atoms with Crippen LogP contribution in [0.4, 0.5) is 0 Å². The van der Waals surface area contributed by atoms with Gasteiger partial charge in [0.15, 0.2) is 0 Å². The highest BCUT2D eigenvalue weighted by Gasteiger charge is 2.29. The van der Waals surface area contributed by atoms with Gasteiger partial charge in [0.25, 0.3) is 0 Å². The van der Waals surface area contributed by atoms with Crippen molar-refractivity contribution >= 4 is 0 Å². The van der Waals surface area contributed by atoms with Crippen molar-refractivity contribution in [2.45, 2.75) is 45.8 Å². The molecule has 0 spiro atoms. The van der Waals surface area contributed by atoms with Crippen LogP contribution in [0.1, 0.15) is 44.2 Å². The first-order valence-electron chi connectivity index (χ1n) is 7.13. The minimum Gasteiger partial charge on any atom is -0.376 e. The first-order valence-corrected chi connectivity index (χ1v) is 7.13. The van der Waals surface area contributed by atoms with Gasteiger partial charge in [-0.25, -0.2) is 0 Å². The van der Waals surface area contributed by atoms with Crippen LogP contribution >= 0.6 is 0 Å². The molecule has 0 bridgehead atoms. The largest absolute Gasteiger partial charge is 0.376 e. The number of ether oxygens (including phenoxy) is 1. The van der Waals surface area contributed by atoms with Gasteiger partial charge in [-0.05, 0) is 30.0 Å². The Labute approximate surface area is 111 Å². The predicted molar refractivity (Wildman–Crippen MR) is 75.8 cm³/mol. The van der Waals surface area contributed by atoms with Crippen molar-refractivity contribution in [1.29, 1.82) is 0 Å². The van der Waals surface area contributed by atoms with Gasteiger partial charge in [0.05, 0.1) is 13.2 Å². The Morgan fingerprint density at radius 3 is 2.83 bits per heavy atom. The van der Waals surface area contributed by atoms with Gasteiger partial charge < -0.3 is 10.1 Å². The fourth-order valence-corrected chi connectivity index (χ4v) is 2.86. The van der Waals surface area contributed by atoms with Crippen LogP contribution in [0.3, 0.4) is 0 Å². The molecule has 0 radical (unpaired) electrons. The van der Waals surface area contributed by atoms with Crippen LogP contribution in [-0.2, 0) is 11.3 Å². The smallest absolute Gasteiger partial charge is 0.0719 e. The molecule has 18 heavy (non-hydrogen) atoms. The van der Waals surface area contributed by atoms with E-state index in [1.807, 2.05) is 0 Å². The van der Waals surface area contributed by atoms with E-state index in [2.05, 4.69) is 50.4 Å². The zero-order chi connectivity index (χ0) is 13.0. The predicted octanol–water partition coefficient (Wildman–Crippen LogP) is 3.32. The average molecular weight is 247 g/mol. The molecular weight excluding hydrogens is 222 g/mol. The van der Waals surface area contributed by atoms with E-state index in [-0.39, 0.29) is 0 Å². The molecule has 0 saturated heterocycles. The maximum Gasteiger partial charge on any atom is 0.0719 e. The highest BCUT2D eigenvalue weighted by atomic mass is 16.5. The van der Waals surface area contributed by atoms with Crippen LogP contribution in [0.25, 0.3) is 0 Å². The van der Waals surface area contributed by atoms with E-state index >= 15 is 0 Å². The highest BCUT2D eigenvalue weighted by molar-refractivity contribution is 5.32. The van der Waals surface area contributed by atoms with Crippen molar-refractivity contribution in [3.63, 3.8) is 0 Å². The molecule has 0 saturated carbocycles. The van der Waals surface area contributed by atoms with Gasteiger partial charge >= 0.3 is 0 Å². The molecule has 2 heteroatoms. The highest BCUT2D eigenvalue weighted by Crippen LogP contribution is 2.31. The molecule has 100 valence electrons. The second kappa shape index (κ2) is 6.35. The molecule has 0 fully saturated rings. The lowest BCUT2D eigenvalue weighted by Crippen LogP contribution is -2.42. The molecule has 1 heterocycles. The monoisotopic (exact) mass is 247 g/mol. The van der Waals surface area contributed by atoms with Gasteiger partial charge in [0.1, 0.15) is 0 Å². The number of nitrogens with one attached hydrogen (secondary N) is 1. The van der Waals surface area contributed by atoms with Gasteiger partial charge in [0.2, 0.25) is 0 Å². The van der Waals surface area contributed by atoms with E-state index in [1.54, 1.807) is 0 Å². The fourth-order valence-electron chi connectivity index (χ4n) is 2.86. The standard InChI is InChI=1S/C16H25NO/c1-4-9-17-16(12(2)3)15-11-18-10-13-7-5-6-8-14(13)15/h5-8,12,15-17H,4,9-11H2,1-3H3. The van der Waals surface area contributed by atoms with Gasteiger partial charge in [-0.3, -0.25) is 0 Å². The first-order chi connectivity index (χ1) is 8.74. The van der Waals surface area contributed by atoms with Crippen molar-refractivity contribution in [2.75, 3.05) is 13.2 Å². The van der Waals surface area contributed by atoms with E-state index in [0.717, 1.165) is 19.8 Å². The molecule has 2 nitrogen and oxygen atoms in total. The minimum absolute atomic E-state index is 0.487. The van der Waals surface area contributed by atoms with E-state index in [1.165, 1.54) is 17.5 Å². The zero-order valence-electron chi connectivity index (χ0n) is 11.8.